The summed E-state index contributed by atoms with van der Waals surface area (Å²) in [5, 5.41) is 4.76. The van der Waals surface area contributed by atoms with Gasteiger partial charge in [0.25, 0.3) is 0 Å². The highest BCUT2D eigenvalue weighted by atomic mass is 19.1. The second kappa shape index (κ2) is 7.34. The Morgan fingerprint density at radius 3 is 2.46 bits per heavy atom. The molecule has 8 nitrogen and oxygen atoms in total. The highest BCUT2D eigenvalue weighted by molar-refractivity contribution is 6.01. The molecule has 3 aliphatic rings. The Morgan fingerprint density at radius 1 is 1.21 bits per heavy atom. The number of hydrogen-bond donors (Lipinski definition) is 2. The molecule has 150 valence electrons. The van der Waals surface area contributed by atoms with Gasteiger partial charge in [-0.2, -0.15) is 0 Å². The van der Waals surface area contributed by atoms with Gasteiger partial charge >= 0.3 is 6.09 Å². The number of alkyl carbamates (subject to hydrolysis) is 1. The Hall–Kier alpha value is -2.75. The topological polar surface area (TPSA) is 97.0 Å². The summed E-state index contributed by atoms with van der Waals surface area (Å²) in [5.74, 6) is -3.84. The molecular formula is C18H19F2N3O5. The number of amides is 3. The Morgan fingerprint density at radius 2 is 1.89 bits per heavy atom. The van der Waals surface area contributed by atoms with Gasteiger partial charge in [-0.3, -0.25) is 14.9 Å². The first-order chi connectivity index (χ1) is 13.4. The first-order valence-corrected chi connectivity index (χ1v) is 9.03. The summed E-state index contributed by atoms with van der Waals surface area (Å²) < 4.78 is 39.3. The molecule has 0 spiro atoms. The number of nitrogens with zero attached hydrogens (tertiary/aromatic N) is 1. The van der Waals surface area contributed by atoms with Crippen molar-refractivity contribution in [1.29, 1.82) is 0 Å². The van der Waals surface area contributed by atoms with Gasteiger partial charge in [0.15, 0.2) is 0 Å². The molecule has 0 aliphatic carbocycles. The fourth-order valence-corrected chi connectivity index (χ4v) is 3.45. The average molecular weight is 395 g/mol. The van der Waals surface area contributed by atoms with Gasteiger partial charge in [-0.05, 0) is 18.6 Å². The average Bonchev–Trinajstić information content (AvgIpc) is 2.55. The molecule has 3 amide bonds. The van der Waals surface area contributed by atoms with Gasteiger partial charge in [0.1, 0.15) is 17.7 Å². The van der Waals surface area contributed by atoms with Crippen LogP contribution in [0.2, 0.25) is 0 Å². The molecule has 10 heteroatoms. The minimum atomic E-state index is -1.03. The largest absolute Gasteiger partial charge is 0.442 e. The van der Waals surface area contributed by atoms with E-state index in [0.29, 0.717) is 32.0 Å². The van der Waals surface area contributed by atoms with Crippen molar-refractivity contribution in [1.82, 2.24) is 10.6 Å². The second-order valence-corrected chi connectivity index (χ2v) is 7.14. The lowest BCUT2D eigenvalue weighted by Crippen LogP contribution is -2.56. The van der Waals surface area contributed by atoms with E-state index in [1.165, 1.54) is 0 Å². The van der Waals surface area contributed by atoms with Crippen LogP contribution in [0.4, 0.5) is 19.3 Å². The molecule has 2 N–H and O–H groups in total. The second-order valence-electron chi connectivity index (χ2n) is 7.14. The van der Waals surface area contributed by atoms with Crippen LogP contribution in [-0.2, 0) is 19.1 Å². The summed E-state index contributed by atoms with van der Waals surface area (Å²) in [6.45, 7) is 1.55. The van der Waals surface area contributed by atoms with Crippen LogP contribution in [-0.4, -0.2) is 56.4 Å². The molecule has 3 aliphatic heterocycles. The van der Waals surface area contributed by atoms with Crippen LogP contribution >= 0.6 is 0 Å². The van der Waals surface area contributed by atoms with E-state index in [1.54, 1.807) is 4.90 Å². The number of anilines is 1. The molecule has 1 aromatic rings. The number of carbonyl (C=O) groups excluding carboxylic acids is 3. The highest BCUT2D eigenvalue weighted by Crippen LogP contribution is 2.33. The molecular weight excluding hydrogens is 376 g/mol. The van der Waals surface area contributed by atoms with Crippen molar-refractivity contribution in [2.45, 2.75) is 30.9 Å². The van der Waals surface area contributed by atoms with Crippen LogP contribution in [0.15, 0.2) is 12.1 Å². The number of benzene rings is 1. The number of nitrogens with one attached hydrogen (secondary N) is 2. The lowest BCUT2D eigenvalue weighted by atomic mass is 9.89. The zero-order chi connectivity index (χ0) is 19.8. The summed E-state index contributed by atoms with van der Waals surface area (Å²) in [4.78, 5) is 36.5. The molecule has 0 radical (unpaired) electrons. The maximum Gasteiger partial charge on any atom is 0.407 e. The zero-order valence-corrected chi connectivity index (χ0v) is 14.9. The third-order valence-corrected chi connectivity index (χ3v) is 5.10. The molecule has 0 aromatic heterocycles. The first-order valence-electron chi connectivity index (χ1n) is 9.03. The minimum Gasteiger partial charge on any atom is -0.442 e. The predicted molar refractivity (Wildman–Crippen MR) is 91.7 cm³/mol. The van der Waals surface area contributed by atoms with E-state index < -0.39 is 35.5 Å². The van der Waals surface area contributed by atoms with E-state index >= 15 is 0 Å². The van der Waals surface area contributed by atoms with Crippen LogP contribution in [0, 0.1) is 11.6 Å². The molecule has 0 saturated carbocycles. The molecule has 1 atom stereocenters. The fraction of sp³-hybridized carbons (Fsp3) is 0.500. The van der Waals surface area contributed by atoms with Gasteiger partial charge in [-0.1, -0.05) is 0 Å². The van der Waals surface area contributed by atoms with Gasteiger partial charge in [-0.15, -0.1) is 0 Å². The van der Waals surface area contributed by atoms with Crippen molar-refractivity contribution in [3.05, 3.63) is 29.3 Å². The number of ether oxygens (including phenoxy) is 2. The molecule has 1 aromatic carbocycles. The van der Waals surface area contributed by atoms with Crippen molar-refractivity contribution < 1.29 is 32.6 Å². The molecule has 28 heavy (non-hydrogen) atoms. The van der Waals surface area contributed by atoms with Crippen molar-refractivity contribution in [2.24, 2.45) is 0 Å². The van der Waals surface area contributed by atoms with E-state index in [1.807, 2.05) is 0 Å². The van der Waals surface area contributed by atoms with E-state index in [0.717, 1.165) is 12.1 Å². The van der Waals surface area contributed by atoms with Gasteiger partial charge in [-0.25, -0.2) is 13.6 Å². The zero-order valence-electron chi connectivity index (χ0n) is 14.9. The van der Waals surface area contributed by atoms with Crippen molar-refractivity contribution >= 4 is 23.6 Å². The maximum atomic E-state index is 14.5. The smallest absolute Gasteiger partial charge is 0.407 e. The van der Waals surface area contributed by atoms with Crippen LogP contribution in [0.1, 0.15) is 24.3 Å². The van der Waals surface area contributed by atoms with Gasteiger partial charge in [0, 0.05) is 17.7 Å². The van der Waals surface area contributed by atoms with Crippen molar-refractivity contribution in [3.8, 4) is 0 Å². The molecule has 0 bridgehead atoms. The SMILES string of the molecule is O=C1CC[C@@H](c2c(F)cc(N3CC(OC(=O)NC4COC4)C3)cc2F)C(=O)N1. The maximum absolute atomic E-state index is 14.5. The summed E-state index contributed by atoms with van der Waals surface area (Å²) in [7, 11) is 0. The fourth-order valence-electron chi connectivity index (χ4n) is 3.45. The van der Waals surface area contributed by atoms with Crippen LogP contribution in [0.3, 0.4) is 0 Å². The van der Waals surface area contributed by atoms with E-state index in [9.17, 15) is 23.2 Å². The summed E-state index contributed by atoms with van der Waals surface area (Å²) >= 11 is 0. The van der Waals surface area contributed by atoms with E-state index in [-0.39, 0.29) is 30.6 Å². The Balaban J connectivity index is 1.37. The number of carbonyl (C=O) groups is 3. The number of hydrogen-bond acceptors (Lipinski definition) is 6. The van der Waals surface area contributed by atoms with Gasteiger partial charge < -0.3 is 19.7 Å². The van der Waals surface area contributed by atoms with Crippen LogP contribution < -0.4 is 15.5 Å². The Kier molecular flexibility index (Phi) is 4.88. The monoisotopic (exact) mass is 395 g/mol. The molecule has 3 heterocycles. The third-order valence-electron chi connectivity index (χ3n) is 5.10. The first kappa shape index (κ1) is 18.6. The molecule has 4 rings (SSSR count). The molecule has 0 unspecified atom stereocenters. The van der Waals surface area contributed by atoms with Gasteiger partial charge in [0.05, 0.1) is 38.3 Å². The van der Waals surface area contributed by atoms with Gasteiger partial charge in [0.2, 0.25) is 11.8 Å². The summed E-state index contributed by atoms with van der Waals surface area (Å²) in [5.41, 5.74) is -0.0251. The quantitative estimate of drug-likeness (QED) is 0.732. The van der Waals surface area contributed by atoms with Crippen LogP contribution in [0.25, 0.3) is 0 Å². The van der Waals surface area contributed by atoms with E-state index in [2.05, 4.69) is 10.6 Å². The number of imide groups is 1. The highest BCUT2D eigenvalue weighted by Gasteiger charge is 2.35. The molecule has 3 fully saturated rings. The predicted octanol–water partition coefficient (Wildman–Crippen LogP) is 0.799. The van der Waals surface area contributed by atoms with Crippen molar-refractivity contribution in [3.63, 3.8) is 0 Å². The lowest BCUT2D eigenvalue weighted by molar-refractivity contribution is -0.134. The Labute approximate surface area is 159 Å². The minimum absolute atomic E-state index is 0.0355. The number of piperidine rings is 1. The standard InChI is InChI=1S/C18H19F2N3O5/c19-13-3-10(4-14(20)16(13)12-1-2-15(24)22-17(12)25)23-5-11(6-23)28-18(26)21-9-7-27-8-9/h3-4,9,11-12H,1-2,5-8H2,(H,21,26)(H,22,24,25)/t12-/m0/s1. The lowest BCUT2D eigenvalue weighted by Gasteiger charge is -2.40. The third kappa shape index (κ3) is 3.64. The number of halogens is 2. The summed E-state index contributed by atoms with van der Waals surface area (Å²) in [6, 6.07) is 2.28. The van der Waals surface area contributed by atoms with Crippen molar-refractivity contribution in [2.75, 3.05) is 31.2 Å². The Bertz CT molecular complexity index is 800. The van der Waals surface area contributed by atoms with E-state index in [4.69, 9.17) is 9.47 Å². The summed E-state index contributed by atoms with van der Waals surface area (Å²) in [6.07, 6.45) is -0.805. The molecule has 3 saturated heterocycles. The van der Waals surface area contributed by atoms with Crippen LogP contribution in [0.5, 0.6) is 0 Å². The normalized spacial score (nSPS) is 22.9. The number of rotatable bonds is 4.